The Bertz CT molecular complexity index is 387. The van der Waals surface area contributed by atoms with Crippen molar-refractivity contribution in [2.45, 2.75) is 25.7 Å². The van der Waals surface area contributed by atoms with Crippen LogP contribution < -0.4 is 5.32 Å². The maximum absolute atomic E-state index is 11.6. The molecule has 0 saturated carbocycles. The number of aromatic nitrogens is 1. The lowest BCUT2D eigenvalue weighted by molar-refractivity contribution is 0.0525. The summed E-state index contributed by atoms with van der Waals surface area (Å²) >= 11 is 0. The first-order valence-corrected chi connectivity index (χ1v) is 6.14. The minimum absolute atomic E-state index is 0.282. The smallest absolute Gasteiger partial charge is 0.339 e. The van der Waals surface area contributed by atoms with Gasteiger partial charge in [-0.15, -0.1) is 0 Å². The number of piperidine rings is 1. The first-order chi connectivity index (χ1) is 8.31. The van der Waals surface area contributed by atoms with E-state index < -0.39 is 0 Å². The van der Waals surface area contributed by atoms with Crippen molar-refractivity contribution in [3.8, 4) is 0 Å². The van der Waals surface area contributed by atoms with Gasteiger partial charge < -0.3 is 10.1 Å². The van der Waals surface area contributed by atoms with E-state index in [1.807, 2.05) is 19.2 Å². The molecule has 0 bridgehead atoms. The van der Waals surface area contributed by atoms with E-state index in [0.29, 0.717) is 18.1 Å². The molecule has 0 amide bonds. The van der Waals surface area contributed by atoms with E-state index in [1.165, 1.54) is 0 Å². The number of hydrogen-bond acceptors (Lipinski definition) is 4. The van der Waals surface area contributed by atoms with Crippen LogP contribution in [0.25, 0.3) is 0 Å². The van der Waals surface area contributed by atoms with Crippen LogP contribution in [-0.2, 0) is 4.74 Å². The molecule has 0 aliphatic carbocycles. The molecule has 4 heteroatoms. The number of esters is 1. The minimum atomic E-state index is -0.282. The zero-order valence-electron chi connectivity index (χ0n) is 10.1. The number of carbonyl (C=O) groups excluding carboxylic acids is 1. The van der Waals surface area contributed by atoms with Crippen molar-refractivity contribution in [2.75, 3.05) is 19.7 Å². The van der Waals surface area contributed by atoms with Gasteiger partial charge in [0.25, 0.3) is 0 Å². The van der Waals surface area contributed by atoms with Gasteiger partial charge in [-0.2, -0.15) is 0 Å². The Labute approximate surface area is 101 Å². The summed E-state index contributed by atoms with van der Waals surface area (Å²) in [4.78, 5) is 15.7. The molecule has 0 unspecified atom stereocenters. The Hall–Kier alpha value is -1.42. The quantitative estimate of drug-likeness (QED) is 0.809. The van der Waals surface area contributed by atoms with Gasteiger partial charge in [0, 0.05) is 12.4 Å². The highest BCUT2D eigenvalue weighted by molar-refractivity contribution is 5.89. The number of hydrogen-bond donors (Lipinski definition) is 1. The number of nitrogens with zero attached hydrogens (tertiary/aromatic N) is 1. The number of nitrogens with one attached hydrogen (secondary N) is 1. The predicted molar refractivity (Wildman–Crippen MR) is 65.0 cm³/mol. The molecule has 92 valence electrons. The third kappa shape index (κ3) is 3.03. The Morgan fingerprint density at radius 2 is 2.24 bits per heavy atom. The highest BCUT2D eigenvalue weighted by Gasteiger charge is 2.17. The summed E-state index contributed by atoms with van der Waals surface area (Å²) in [6.07, 6.45) is 5.64. The van der Waals surface area contributed by atoms with Crippen LogP contribution in [0.15, 0.2) is 18.5 Å². The highest BCUT2D eigenvalue weighted by Crippen LogP contribution is 2.25. The minimum Gasteiger partial charge on any atom is -0.462 e. The van der Waals surface area contributed by atoms with E-state index in [4.69, 9.17) is 4.74 Å². The summed E-state index contributed by atoms with van der Waals surface area (Å²) < 4.78 is 4.98. The summed E-state index contributed by atoms with van der Waals surface area (Å²) in [7, 11) is 0. The molecule has 4 nitrogen and oxygen atoms in total. The molecule has 1 aromatic heterocycles. The second kappa shape index (κ2) is 5.77. The largest absolute Gasteiger partial charge is 0.462 e. The van der Waals surface area contributed by atoms with Crippen LogP contribution in [0, 0.1) is 0 Å². The van der Waals surface area contributed by atoms with Gasteiger partial charge in [0.2, 0.25) is 0 Å². The van der Waals surface area contributed by atoms with Gasteiger partial charge in [-0.3, -0.25) is 4.98 Å². The lowest BCUT2D eigenvalue weighted by Crippen LogP contribution is -2.26. The lowest BCUT2D eigenvalue weighted by atomic mass is 9.91. The van der Waals surface area contributed by atoms with Crippen molar-refractivity contribution in [3.05, 3.63) is 29.6 Å². The van der Waals surface area contributed by atoms with Gasteiger partial charge in [0.15, 0.2) is 0 Å². The monoisotopic (exact) mass is 234 g/mol. The van der Waals surface area contributed by atoms with Crippen LogP contribution in [0.3, 0.4) is 0 Å². The van der Waals surface area contributed by atoms with Gasteiger partial charge >= 0.3 is 5.97 Å². The van der Waals surface area contributed by atoms with E-state index in [-0.39, 0.29) is 5.97 Å². The number of carbonyl (C=O) groups is 1. The number of rotatable bonds is 3. The summed E-state index contributed by atoms with van der Waals surface area (Å²) in [6.45, 7) is 4.28. The van der Waals surface area contributed by atoms with Gasteiger partial charge in [-0.05, 0) is 50.4 Å². The summed E-state index contributed by atoms with van der Waals surface area (Å²) in [5, 5.41) is 3.33. The van der Waals surface area contributed by atoms with Gasteiger partial charge in [0.05, 0.1) is 12.2 Å². The molecule has 2 heterocycles. The topological polar surface area (TPSA) is 51.2 Å². The molecule has 2 rings (SSSR count). The van der Waals surface area contributed by atoms with Crippen LogP contribution in [0.1, 0.15) is 41.6 Å². The molecule has 0 atom stereocenters. The second-order valence-electron chi connectivity index (χ2n) is 4.25. The SMILES string of the molecule is CCOC(=O)c1cncc(C2CCNCC2)c1. The van der Waals surface area contributed by atoms with Crippen LogP contribution >= 0.6 is 0 Å². The van der Waals surface area contributed by atoms with Crippen LogP contribution in [-0.4, -0.2) is 30.6 Å². The Balaban J connectivity index is 2.12. The van der Waals surface area contributed by atoms with Crippen molar-refractivity contribution in [1.82, 2.24) is 10.3 Å². The predicted octanol–water partition coefficient (Wildman–Crippen LogP) is 1.73. The van der Waals surface area contributed by atoms with Gasteiger partial charge in [0.1, 0.15) is 0 Å². The molecule has 1 aliphatic heterocycles. The van der Waals surface area contributed by atoms with Crippen LogP contribution in [0.4, 0.5) is 0 Å². The average Bonchev–Trinajstić information content (AvgIpc) is 2.40. The second-order valence-corrected chi connectivity index (χ2v) is 4.25. The Kier molecular flexibility index (Phi) is 4.09. The van der Waals surface area contributed by atoms with Crippen LogP contribution in [0.2, 0.25) is 0 Å². The fourth-order valence-electron chi connectivity index (χ4n) is 2.16. The molecular weight excluding hydrogens is 216 g/mol. The third-order valence-electron chi connectivity index (χ3n) is 3.08. The van der Waals surface area contributed by atoms with E-state index in [9.17, 15) is 4.79 Å². The van der Waals surface area contributed by atoms with Gasteiger partial charge in [-0.1, -0.05) is 0 Å². The van der Waals surface area contributed by atoms with Crippen molar-refractivity contribution in [2.24, 2.45) is 0 Å². The fourth-order valence-corrected chi connectivity index (χ4v) is 2.16. The van der Waals surface area contributed by atoms with Gasteiger partial charge in [-0.25, -0.2) is 4.79 Å². The molecule has 1 saturated heterocycles. The Morgan fingerprint density at radius 3 is 2.94 bits per heavy atom. The molecule has 0 spiro atoms. The maximum Gasteiger partial charge on any atom is 0.339 e. The fraction of sp³-hybridized carbons (Fsp3) is 0.538. The zero-order chi connectivity index (χ0) is 12.1. The third-order valence-corrected chi connectivity index (χ3v) is 3.08. The molecule has 17 heavy (non-hydrogen) atoms. The lowest BCUT2D eigenvalue weighted by Gasteiger charge is -2.22. The molecule has 1 aromatic rings. The molecular formula is C13H18N2O2. The van der Waals surface area contributed by atoms with E-state index in [1.54, 1.807) is 6.20 Å². The maximum atomic E-state index is 11.6. The first kappa shape index (κ1) is 12.0. The average molecular weight is 234 g/mol. The van der Waals surface area contributed by atoms with Crippen molar-refractivity contribution in [3.63, 3.8) is 0 Å². The highest BCUT2D eigenvalue weighted by atomic mass is 16.5. The summed E-state index contributed by atoms with van der Waals surface area (Å²) in [5.41, 5.74) is 1.71. The van der Waals surface area contributed by atoms with Crippen molar-refractivity contribution in [1.29, 1.82) is 0 Å². The summed E-state index contributed by atoms with van der Waals surface area (Å²) in [5.74, 6) is 0.230. The first-order valence-electron chi connectivity index (χ1n) is 6.14. The standard InChI is InChI=1S/C13H18N2O2/c1-2-17-13(16)12-7-11(8-15-9-12)10-3-5-14-6-4-10/h7-10,14H,2-6H2,1H3. The summed E-state index contributed by atoms with van der Waals surface area (Å²) in [6, 6.07) is 1.92. The van der Waals surface area contributed by atoms with Crippen molar-refractivity contribution < 1.29 is 9.53 Å². The Morgan fingerprint density at radius 1 is 1.47 bits per heavy atom. The van der Waals surface area contributed by atoms with Crippen molar-refractivity contribution >= 4 is 5.97 Å². The molecule has 0 aromatic carbocycles. The normalized spacial score (nSPS) is 16.8. The molecule has 1 fully saturated rings. The van der Waals surface area contributed by atoms with E-state index >= 15 is 0 Å². The van der Waals surface area contributed by atoms with E-state index in [2.05, 4.69) is 10.3 Å². The number of ether oxygens (including phenoxy) is 1. The molecule has 1 N–H and O–H groups in total. The zero-order valence-corrected chi connectivity index (χ0v) is 10.1. The van der Waals surface area contributed by atoms with Crippen LogP contribution in [0.5, 0.6) is 0 Å². The van der Waals surface area contributed by atoms with E-state index in [0.717, 1.165) is 31.5 Å². The molecule has 0 radical (unpaired) electrons. The molecule has 1 aliphatic rings. The number of pyridine rings is 1.